The highest BCUT2D eigenvalue weighted by Gasteiger charge is 2.54. The quantitative estimate of drug-likeness (QED) is 0.437. The van der Waals surface area contributed by atoms with Crippen molar-refractivity contribution in [2.45, 2.75) is 36.7 Å². The fourth-order valence-electron chi connectivity index (χ4n) is 6.67. The molecule has 4 atom stereocenters. The van der Waals surface area contributed by atoms with E-state index in [-0.39, 0.29) is 42.3 Å². The maximum Gasteiger partial charge on any atom is 0.227 e. The molecule has 3 aromatic rings. The van der Waals surface area contributed by atoms with Crippen LogP contribution in [0.25, 0.3) is 0 Å². The first-order chi connectivity index (χ1) is 19.1. The van der Waals surface area contributed by atoms with Crippen LogP contribution in [0.3, 0.4) is 0 Å². The smallest absolute Gasteiger partial charge is 0.227 e. The number of fused-ring (bicyclic) bond motifs is 1. The van der Waals surface area contributed by atoms with Gasteiger partial charge in [0.2, 0.25) is 5.91 Å². The van der Waals surface area contributed by atoms with Crippen LogP contribution in [0.2, 0.25) is 0 Å². The number of rotatable bonds is 8. The fraction of sp³-hybridized carbons (Fsp3) is 0.406. The van der Waals surface area contributed by atoms with Gasteiger partial charge in [0.25, 0.3) is 0 Å². The van der Waals surface area contributed by atoms with E-state index < -0.39 is 15.4 Å². The van der Waals surface area contributed by atoms with E-state index in [2.05, 4.69) is 0 Å². The van der Waals surface area contributed by atoms with Crippen LogP contribution >= 0.6 is 0 Å². The molecule has 4 unspecified atom stereocenters. The summed E-state index contributed by atoms with van der Waals surface area (Å²) in [5.74, 6) is 0.541. The summed E-state index contributed by atoms with van der Waals surface area (Å²) in [6.07, 6.45) is 1.08. The lowest BCUT2D eigenvalue weighted by Gasteiger charge is -2.45. The van der Waals surface area contributed by atoms with Crippen molar-refractivity contribution in [3.8, 4) is 11.5 Å². The Balaban J connectivity index is 1.44. The van der Waals surface area contributed by atoms with Gasteiger partial charge in [0.1, 0.15) is 11.5 Å². The number of hydrogen-bond acceptors (Lipinski definition) is 6. The third-order valence-corrected chi connectivity index (χ3v) is 10.5. The van der Waals surface area contributed by atoms with E-state index in [4.69, 9.17) is 9.47 Å². The molecule has 2 fully saturated rings. The number of carbonyl (C=O) groups excluding carboxylic acids is 1. The summed E-state index contributed by atoms with van der Waals surface area (Å²) >= 11 is 0. The van der Waals surface area contributed by atoms with Gasteiger partial charge in [-0.15, -0.1) is 0 Å². The molecule has 1 amide bonds. The summed E-state index contributed by atoms with van der Waals surface area (Å²) in [5.41, 5.74) is 1.10. The van der Waals surface area contributed by atoms with E-state index >= 15 is 0 Å². The minimum absolute atomic E-state index is 0.0369. The zero-order chi connectivity index (χ0) is 28.5. The largest absolute Gasteiger partial charge is 0.496 e. The molecule has 1 N–H and O–H groups in total. The molecule has 40 heavy (non-hydrogen) atoms. The first kappa shape index (κ1) is 28.2. The summed E-state index contributed by atoms with van der Waals surface area (Å²) in [6, 6.07) is 21.8. The SMILES string of the molecule is COc1ccccc1CC(=O)N1CC2CC(CS(=O)(=O)c3ccc(C)cc3)CC(O)(c3ccccc3OC)C2C1. The monoisotopic (exact) mass is 563 g/mol. The standard InChI is InChI=1S/C32H37NO6S/c1-22-12-14-26(15-13-22)40(36,37)21-23-16-25-19-33(31(34)17-24-8-4-6-10-29(24)38-2)20-28(25)32(35,18-23)27-9-5-7-11-30(27)39-3/h4-15,23,25,28,35H,16-21H2,1-3H3. The average molecular weight is 564 g/mol. The van der Waals surface area contributed by atoms with E-state index in [0.717, 1.165) is 11.1 Å². The lowest BCUT2D eigenvalue weighted by molar-refractivity contribution is -0.130. The number of sulfone groups is 1. The van der Waals surface area contributed by atoms with Gasteiger partial charge in [-0.3, -0.25) is 4.79 Å². The number of aryl methyl sites for hydroxylation is 1. The van der Waals surface area contributed by atoms with Crippen LogP contribution in [0.4, 0.5) is 0 Å². The van der Waals surface area contributed by atoms with Crippen molar-refractivity contribution < 1.29 is 27.8 Å². The van der Waals surface area contributed by atoms with Crippen molar-refractivity contribution in [3.05, 3.63) is 89.5 Å². The number of aliphatic hydroxyl groups is 1. The van der Waals surface area contributed by atoms with Gasteiger partial charge in [0.05, 0.1) is 36.9 Å². The molecule has 3 aromatic carbocycles. The highest BCUT2D eigenvalue weighted by atomic mass is 32.2. The Labute approximate surface area is 236 Å². The molecular formula is C32H37NO6S. The third kappa shape index (κ3) is 5.47. The summed E-state index contributed by atoms with van der Waals surface area (Å²) in [4.78, 5) is 15.6. The van der Waals surface area contributed by atoms with Crippen molar-refractivity contribution in [1.82, 2.24) is 4.90 Å². The van der Waals surface area contributed by atoms with Gasteiger partial charge in [0.15, 0.2) is 9.84 Å². The predicted octanol–water partition coefficient (Wildman–Crippen LogP) is 4.40. The van der Waals surface area contributed by atoms with Crippen molar-refractivity contribution in [2.24, 2.45) is 17.8 Å². The van der Waals surface area contributed by atoms with Gasteiger partial charge in [-0.25, -0.2) is 8.42 Å². The molecule has 1 saturated carbocycles. The summed E-state index contributed by atoms with van der Waals surface area (Å²) in [6.45, 7) is 2.79. The Morgan fingerprint density at radius 1 is 0.950 bits per heavy atom. The van der Waals surface area contributed by atoms with Crippen LogP contribution in [0, 0.1) is 24.7 Å². The van der Waals surface area contributed by atoms with Gasteiger partial charge in [0, 0.05) is 30.1 Å². The fourth-order valence-corrected chi connectivity index (χ4v) is 8.29. The topological polar surface area (TPSA) is 93.1 Å². The summed E-state index contributed by atoms with van der Waals surface area (Å²) in [5, 5.41) is 12.4. The second-order valence-corrected chi connectivity index (χ2v) is 13.2. The van der Waals surface area contributed by atoms with Crippen molar-refractivity contribution >= 4 is 15.7 Å². The van der Waals surface area contributed by atoms with Gasteiger partial charge in [-0.2, -0.15) is 0 Å². The van der Waals surface area contributed by atoms with Crippen molar-refractivity contribution in [2.75, 3.05) is 33.1 Å². The van der Waals surface area contributed by atoms with Crippen LogP contribution in [-0.2, 0) is 26.7 Å². The number of carbonyl (C=O) groups is 1. The number of para-hydroxylation sites is 2. The van der Waals surface area contributed by atoms with Crippen molar-refractivity contribution in [3.63, 3.8) is 0 Å². The van der Waals surface area contributed by atoms with E-state index in [1.54, 1.807) is 38.5 Å². The van der Waals surface area contributed by atoms with E-state index in [9.17, 15) is 18.3 Å². The van der Waals surface area contributed by atoms with Gasteiger partial charge in [-0.1, -0.05) is 54.1 Å². The molecule has 0 bridgehead atoms. The Morgan fingerprint density at radius 3 is 2.30 bits per heavy atom. The number of likely N-dealkylation sites (tertiary alicyclic amines) is 1. The number of ether oxygens (including phenoxy) is 2. The van der Waals surface area contributed by atoms with Crippen LogP contribution in [0.1, 0.15) is 29.5 Å². The zero-order valence-corrected chi connectivity index (χ0v) is 24.1. The molecule has 1 aliphatic heterocycles. The Hall–Kier alpha value is -3.36. The molecule has 1 aliphatic carbocycles. The number of amides is 1. The molecule has 1 saturated heterocycles. The van der Waals surface area contributed by atoms with Crippen LogP contribution in [0.15, 0.2) is 77.7 Å². The average Bonchev–Trinajstić information content (AvgIpc) is 3.39. The minimum atomic E-state index is -3.57. The number of methoxy groups -OCH3 is 2. The molecule has 212 valence electrons. The Bertz CT molecular complexity index is 1470. The zero-order valence-electron chi connectivity index (χ0n) is 23.2. The minimum Gasteiger partial charge on any atom is -0.496 e. The highest BCUT2D eigenvalue weighted by molar-refractivity contribution is 7.91. The molecule has 7 nitrogen and oxygen atoms in total. The number of benzene rings is 3. The molecule has 0 radical (unpaired) electrons. The maximum absolute atomic E-state index is 13.5. The summed E-state index contributed by atoms with van der Waals surface area (Å²) in [7, 11) is -0.410. The number of nitrogens with zero attached hydrogens (tertiary/aromatic N) is 1. The Kier molecular flexibility index (Phi) is 7.93. The maximum atomic E-state index is 13.5. The second-order valence-electron chi connectivity index (χ2n) is 11.2. The lowest BCUT2D eigenvalue weighted by Crippen LogP contribution is -2.47. The normalized spacial score (nSPS) is 24.4. The van der Waals surface area contributed by atoms with Crippen LogP contribution < -0.4 is 9.47 Å². The van der Waals surface area contributed by atoms with Crippen LogP contribution in [-0.4, -0.2) is 57.4 Å². The first-order valence-corrected chi connectivity index (χ1v) is 15.3. The first-order valence-electron chi connectivity index (χ1n) is 13.7. The molecular weight excluding hydrogens is 526 g/mol. The van der Waals surface area contributed by atoms with Gasteiger partial charge >= 0.3 is 0 Å². The predicted molar refractivity (Wildman–Crippen MR) is 153 cm³/mol. The third-order valence-electron chi connectivity index (χ3n) is 8.59. The molecule has 8 heteroatoms. The molecule has 0 spiro atoms. The summed E-state index contributed by atoms with van der Waals surface area (Å²) < 4.78 is 37.9. The molecule has 2 aliphatic rings. The van der Waals surface area contributed by atoms with E-state index in [1.807, 2.05) is 60.4 Å². The van der Waals surface area contributed by atoms with Crippen LogP contribution in [0.5, 0.6) is 11.5 Å². The van der Waals surface area contributed by atoms with Gasteiger partial charge in [-0.05, 0) is 55.9 Å². The van der Waals surface area contributed by atoms with E-state index in [0.29, 0.717) is 41.5 Å². The van der Waals surface area contributed by atoms with Crippen molar-refractivity contribution in [1.29, 1.82) is 0 Å². The molecule has 5 rings (SSSR count). The lowest BCUT2D eigenvalue weighted by atomic mass is 9.64. The molecule has 0 aromatic heterocycles. The van der Waals surface area contributed by atoms with E-state index in [1.165, 1.54) is 0 Å². The van der Waals surface area contributed by atoms with Gasteiger partial charge < -0.3 is 19.5 Å². The molecule has 1 heterocycles. The Morgan fingerprint density at radius 2 is 1.60 bits per heavy atom. The second kappa shape index (κ2) is 11.3. The highest BCUT2D eigenvalue weighted by Crippen LogP contribution is 2.52. The number of hydrogen-bond donors (Lipinski definition) is 1.